The van der Waals surface area contributed by atoms with E-state index in [0.717, 1.165) is 19.5 Å². The van der Waals surface area contributed by atoms with Gasteiger partial charge in [0.1, 0.15) is 0 Å². The van der Waals surface area contributed by atoms with Crippen molar-refractivity contribution in [3.05, 3.63) is 0 Å². The van der Waals surface area contributed by atoms with Crippen molar-refractivity contribution in [1.82, 2.24) is 10.2 Å². The summed E-state index contributed by atoms with van der Waals surface area (Å²) in [5.74, 6) is 0.248. The van der Waals surface area contributed by atoms with Crippen LogP contribution >= 0.6 is 0 Å². The molecule has 0 aromatic carbocycles. The number of nitrogens with two attached hydrogens (primary N) is 1. The molecule has 1 rings (SSSR count). The summed E-state index contributed by atoms with van der Waals surface area (Å²) >= 11 is 0. The van der Waals surface area contributed by atoms with Crippen LogP contribution in [-0.2, 0) is 4.79 Å². The Kier molecular flexibility index (Phi) is 7.39. The van der Waals surface area contributed by atoms with E-state index in [-0.39, 0.29) is 17.9 Å². The van der Waals surface area contributed by atoms with E-state index < -0.39 is 0 Å². The lowest BCUT2D eigenvalue weighted by Crippen LogP contribution is -2.48. The molecule has 1 aliphatic heterocycles. The number of nitrogens with one attached hydrogen (secondary N) is 1. The molecule has 0 aliphatic carbocycles. The molecule has 3 N–H and O–H groups in total. The summed E-state index contributed by atoms with van der Waals surface area (Å²) in [6, 6.07) is 0.335. The topological polar surface area (TPSA) is 58.4 Å². The van der Waals surface area contributed by atoms with Gasteiger partial charge in [-0.15, -0.1) is 0 Å². The maximum Gasteiger partial charge on any atom is 0.237 e. The minimum Gasteiger partial charge on any atom is -0.353 e. The highest BCUT2D eigenvalue weighted by atomic mass is 16.2. The molecular formula is C15H31N3O. The van der Waals surface area contributed by atoms with Gasteiger partial charge in [0, 0.05) is 19.1 Å². The predicted molar refractivity (Wildman–Crippen MR) is 79.9 cm³/mol. The normalized spacial score (nSPS) is 23.9. The van der Waals surface area contributed by atoms with Crippen molar-refractivity contribution in [2.24, 2.45) is 11.7 Å². The molecule has 3 atom stereocenters. The third-order valence-corrected chi connectivity index (χ3v) is 4.48. The van der Waals surface area contributed by atoms with Crippen LogP contribution in [0.4, 0.5) is 0 Å². The van der Waals surface area contributed by atoms with E-state index in [1.807, 2.05) is 6.92 Å². The monoisotopic (exact) mass is 269 g/mol. The molecule has 0 spiro atoms. The average molecular weight is 269 g/mol. The number of likely N-dealkylation sites (tertiary alicyclic amines) is 1. The second-order valence-corrected chi connectivity index (χ2v) is 5.80. The molecule has 19 heavy (non-hydrogen) atoms. The SMILES string of the molecule is CCC(C)C(N)C(=O)NCCN1CCCCC1CC. The van der Waals surface area contributed by atoms with Crippen LogP contribution in [0.2, 0.25) is 0 Å². The molecule has 0 radical (unpaired) electrons. The molecule has 4 nitrogen and oxygen atoms in total. The van der Waals surface area contributed by atoms with Crippen LogP contribution in [0.5, 0.6) is 0 Å². The summed E-state index contributed by atoms with van der Waals surface area (Å²) in [6.45, 7) is 9.20. The van der Waals surface area contributed by atoms with Gasteiger partial charge in [0.2, 0.25) is 5.91 Å². The highest BCUT2D eigenvalue weighted by Crippen LogP contribution is 2.18. The second-order valence-electron chi connectivity index (χ2n) is 5.80. The van der Waals surface area contributed by atoms with Crippen LogP contribution in [0.3, 0.4) is 0 Å². The first kappa shape index (κ1) is 16.4. The van der Waals surface area contributed by atoms with Gasteiger partial charge in [-0.25, -0.2) is 0 Å². The number of hydrogen-bond donors (Lipinski definition) is 2. The Labute approximate surface area is 118 Å². The standard InChI is InChI=1S/C15H31N3O/c1-4-12(3)14(16)15(19)17-9-11-18-10-7-6-8-13(18)5-2/h12-14H,4-11,16H2,1-3H3,(H,17,19). The fraction of sp³-hybridized carbons (Fsp3) is 0.933. The fourth-order valence-corrected chi connectivity index (χ4v) is 2.77. The number of carbonyl (C=O) groups is 1. The van der Waals surface area contributed by atoms with E-state index in [1.165, 1.54) is 32.2 Å². The Morgan fingerprint density at radius 2 is 2.16 bits per heavy atom. The Bertz CT molecular complexity index is 270. The van der Waals surface area contributed by atoms with Gasteiger partial charge in [-0.1, -0.05) is 33.6 Å². The fourth-order valence-electron chi connectivity index (χ4n) is 2.77. The van der Waals surface area contributed by atoms with Crippen LogP contribution in [-0.4, -0.2) is 42.5 Å². The molecule has 1 fully saturated rings. The summed E-state index contributed by atoms with van der Waals surface area (Å²) in [4.78, 5) is 14.4. The van der Waals surface area contributed by atoms with E-state index in [1.54, 1.807) is 0 Å². The number of nitrogens with zero attached hydrogens (tertiary/aromatic N) is 1. The van der Waals surface area contributed by atoms with Crippen LogP contribution in [0.1, 0.15) is 52.9 Å². The Morgan fingerprint density at radius 3 is 2.79 bits per heavy atom. The Morgan fingerprint density at radius 1 is 1.42 bits per heavy atom. The lowest BCUT2D eigenvalue weighted by atomic mass is 9.99. The minimum atomic E-state index is -0.367. The lowest BCUT2D eigenvalue weighted by Gasteiger charge is -2.35. The smallest absolute Gasteiger partial charge is 0.237 e. The van der Waals surface area contributed by atoms with E-state index in [9.17, 15) is 4.79 Å². The van der Waals surface area contributed by atoms with Crippen LogP contribution in [0.25, 0.3) is 0 Å². The molecule has 3 unspecified atom stereocenters. The summed E-state index contributed by atoms with van der Waals surface area (Å²) in [6.07, 6.45) is 6.09. The number of rotatable bonds is 7. The summed E-state index contributed by atoms with van der Waals surface area (Å²) in [5, 5.41) is 2.98. The number of hydrogen-bond acceptors (Lipinski definition) is 3. The summed E-state index contributed by atoms with van der Waals surface area (Å²) < 4.78 is 0. The van der Waals surface area contributed by atoms with Crippen molar-refractivity contribution in [1.29, 1.82) is 0 Å². The quantitative estimate of drug-likeness (QED) is 0.740. The highest BCUT2D eigenvalue weighted by molar-refractivity contribution is 5.81. The van der Waals surface area contributed by atoms with Crippen molar-refractivity contribution >= 4 is 5.91 Å². The first-order valence-corrected chi connectivity index (χ1v) is 7.87. The van der Waals surface area contributed by atoms with Gasteiger partial charge in [-0.05, 0) is 31.7 Å². The molecule has 1 amide bonds. The van der Waals surface area contributed by atoms with Gasteiger partial charge in [-0.3, -0.25) is 9.69 Å². The van der Waals surface area contributed by atoms with Crippen molar-refractivity contribution < 1.29 is 4.79 Å². The van der Waals surface area contributed by atoms with Gasteiger partial charge in [0.25, 0.3) is 0 Å². The Balaban J connectivity index is 2.27. The zero-order chi connectivity index (χ0) is 14.3. The second kappa shape index (κ2) is 8.54. The largest absolute Gasteiger partial charge is 0.353 e. The van der Waals surface area contributed by atoms with Crippen molar-refractivity contribution in [3.63, 3.8) is 0 Å². The third-order valence-electron chi connectivity index (χ3n) is 4.48. The first-order chi connectivity index (χ1) is 9.10. The molecule has 0 aromatic heterocycles. The lowest BCUT2D eigenvalue weighted by molar-refractivity contribution is -0.123. The van der Waals surface area contributed by atoms with Gasteiger partial charge in [-0.2, -0.15) is 0 Å². The van der Waals surface area contributed by atoms with E-state index >= 15 is 0 Å². The van der Waals surface area contributed by atoms with E-state index in [0.29, 0.717) is 6.04 Å². The third kappa shape index (κ3) is 5.11. The molecule has 1 saturated heterocycles. The summed E-state index contributed by atoms with van der Waals surface area (Å²) in [5.41, 5.74) is 5.92. The van der Waals surface area contributed by atoms with Gasteiger partial charge < -0.3 is 11.1 Å². The highest BCUT2D eigenvalue weighted by Gasteiger charge is 2.22. The molecular weight excluding hydrogens is 238 g/mol. The molecule has 0 saturated carbocycles. The van der Waals surface area contributed by atoms with Crippen LogP contribution < -0.4 is 11.1 Å². The predicted octanol–water partition coefficient (Wildman–Crippen LogP) is 1.74. The molecule has 1 heterocycles. The molecule has 1 aliphatic rings. The molecule has 4 heteroatoms. The zero-order valence-electron chi connectivity index (χ0n) is 12.8. The van der Waals surface area contributed by atoms with E-state index in [2.05, 4.69) is 24.1 Å². The van der Waals surface area contributed by atoms with Gasteiger partial charge in [0.05, 0.1) is 6.04 Å². The van der Waals surface area contributed by atoms with Gasteiger partial charge >= 0.3 is 0 Å². The van der Waals surface area contributed by atoms with Crippen molar-refractivity contribution in [2.45, 2.75) is 65.0 Å². The molecule has 112 valence electrons. The first-order valence-electron chi connectivity index (χ1n) is 7.87. The van der Waals surface area contributed by atoms with Crippen molar-refractivity contribution in [2.75, 3.05) is 19.6 Å². The van der Waals surface area contributed by atoms with Crippen molar-refractivity contribution in [3.8, 4) is 0 Å². The number of amides is 1. The molecule has 0 aromatic rings. The Hall–Kier alpha value is -0.610. The maximum absolute atomic E-state index is 11.9. The van der Waals surface area contributed by atoms with Crippen LogP contribution in [0.15, 0.2) is 0 Å². The molecule has 0 bridgehead atoms. The van der Waals surface area contributed by atoms with E-state index in [4.69, 9.17) is 5.73 Å². The maximum atomic E-state index is 11.9. The summed E-state index contributed by atoms with van der Waals surface area (Å²) in [7, 11) is 0. The number of carbonyl (C=O) groups excluding carboxylic acids is 1. The average Bonchev–Trinajstić information content (AvgIpc) is 2.45. The minimum absolute atomic E-state index is 0.000548. The van der Waals surface area contributed by atoms with Gasteiger partial charge in [0.15, 0.2) is 0 Å². The number of piperidine rings is 1. The van der Waals surface area contributed by atoms with Crippen LogP contribution in [0, 0.1) is 5.92 Å². The zero-order valence-corrected chi connectivity index (χ0v) is 12.8.